The molecule has 0 saturated heterocycles. The van der Waals surface area contributed by atoms with E-state index in [4.69, 9.17) is 10.5 Å². The quantitative estimate of drug-likeness (QED) is 0.865. The van der Waals surface area contributed by atoms with Crippen LogP contribution in [0.1, 0.15) is 25.0 Å². The molecule has 0 radical (unpaired) electrons. The van der Waals surface area contributed by atoms with E-state index in [2.05, 4.69) is 48.6 Å². The predicted octanol–water partition coefficient (Wildman–Crippen LogP) is 2.75. The Morgan fingerprint density at radius 2 is 2.19 bits per heavy atom. The van der Waals surface area contributed by atoms with Gasteiger partial charge in [0.15, 0.2) is 0 Å². The zero-order valence-electron chi connectivity index (χ0n) is 9.79. The number of rotatable bonds is 3. The Balaban J connectivity index is 2.20. The number of hydrogen-bond donors (Lipinski definition) is 1. The molecule has 1 aromatic rings. The van der Waals surface area contributed by atoms with Crippen molar-refractivity contribution in [3.05, 3.63) is 26.8 Å². The Labute approximate surface area is 111 Å². The average molecular weight is 331 g/mol. The molecule has 0 amide bonds. The predicted molar refractivity (Wildman–Crippen MR) is 74.9 cm³/mol. The van der Waals surface area contributed by atoms with E-state index in [0.717, 1.165) is 25.2 Å². The van der Waals surface area contributed by atoms with Crippen molar-refractivity contribution in [1.82, 2.24) is 0 Å². The number of ether oxygens (including phenoxy) is 1. The first kappa shape index (κ1) is 12.2. The number of halogens is 1. The monoisotopic (exact) mass is 331 g/mol. The molecule has 1 aromatic carbocycles. The molecule has 16 heavy (non-hydrogen) atoms. The summed E-state index contributed by atoms with van der Waals surface area (Å²) in [5.41, 5.74) is 8.80. The molecule has 1 unspecified atom stereocenters. The van der Waals surface area contributed by atoms with E-state index in [1.807, 2.05) is 0 Å². The van der Waals surface area contributed by atoms with Gasteiger partial charge in [-0.05, 0) is 52.1 Å². The molecule has 0 aromatic heterocycles. The van der Waals surface area contributed by atoms with Crippen LogP contribution in [-0.4, -0.2) is 12.6 Å². The van der Waals surface area contributed by atoms with Crippen LogP contribution in [0, 0.1) is 9.49 Å². The van der Waals surface area contributed by atoms with Crippen LogP contribution in [0.5, 0.6) is 5.75 Å². The van der Waals surface area contributed by atoms with Gasteiger partial charge >= 0.3 is 0 Å². The van der Waals surface area contributed by atoms with E-state index >= 15 is 0 Å². The largest absolute Gasteiger partial charge is 0.492 e. The molecule has 2 N–H and O–H groups in total. The summed E-state index contributed by atoms with van der Waals surface area (Å²) in [6.07, 6.45) is 2.00. The van der Waals surface area contributed by atoms with E-state index in [0.29, 0.717) is 5.92 Å². The van der Waals surface area contributed by atoms with Crippen LogP contribution in [0.3, 0.4) is 0 Å². The molecule has 1 aliphatic rings. The minimum atomic E-state index is 0.246. The van der Waals surface area contributed by atoms with Crippen LogP contribution in [0.25, 0.3) is 0 Å². The zero-order chi connectivity index (χ0) is 11.7. The highest BCUT2D eigenvalue weighted by atomic mass is 127. The fraction of sp³-hybridized carbons (Fsp3) is 0.538. The van der Waals surface area contributed by atoms with E-state index in [9.17, 15) is 0 Å². The van der Waals surface area contributed by atoms with Crippen LogP contribution in [0.15, 0.2) is 12.1 Å². The normalized spacial score (nSPS) is 16.1. The second-order valence-corrected chi connectivity index (χ2v) is 5.94. The lowest BCUT2D eigenvalue weighted by atomic mass is 9.96. The molecule has 0 saturated carbocycles. The molecule has 1 atom stereocenters. The zero-order valence-corrected chi connectivity index (χ0v) is 12.0. The van der Waals surface area contributed by atoms with Gasteiger partial charge in [-0.1, -0.05) is 19.9 Å². The lowest BCUT2D eigenvalue weighted by Crippen LogP contribution is -2.28. The molecule has 0 aliphatic carbocycles. The summed E-state index contributed by atoms with van der Waals surface area (Å²) in [5.74, 6) is 1.62. The van der Waals surface area contributed by atoms with E-state index in [-0.39, 0.29) is 6.04 Å². The SMILES string of the molecule is CC(C)C(N)Cc1cc(I)c2c(c1)CCO2. The fourth-order valence-electron chi connectivity index (χ4n) is 1.95. The first-order chi connectivity index (χ1) is 7.58. The minimum absolute atomic E-state index is 0.246. The van der Waals surface area contributed by atoms with Gasteiger partial charge in [-0.3, -0.25) is 0 Å². The third-order valence-corrected chi connectivity index (χ3v) is 3.93. The van der Waals surface area contributed by atoms with Crippen LogP contribution < -0.4 is 10.5 Å². The van der Waals surface area contributed by atoms with Gasteiger partial charge in [0.25, 0.3) is 0 Å². The van der Waals surface area contributed by atoms with E-state index in [1.165, 1.54) is 14.7 Å². The van der Waals surface area contributed by atoms with Crippen molar-refractivity contribution < 1.29 is 4.74 Å². The van der Waals surface area contributed by atoms with Gasteiger partial charge in [0.2, 0.25) is 0 Å². The maximum Gasteiger partial charge on any atom is 0.135 e. The van der Waals surface area contributed by atoms with Crippen molar-refractivity contribution in [3.8, 4) is 5.75 Å². The highest BCUT2D eigenvalue weighted by Gasteiger charge is 2.17. The maximum absolute atomic E-state index is 6.11. The van der Waals surface area contributed by atoms with Crippen molar-refractivity contribution >= 4 is 22.6 Å². The lowest BCUT2D eigenvalue weighted by Gasteiger charge is -2.16. The third-order valence-electron chi connectivity index (χ3n) is 3.13. The Kier molecular flexibility index (Phi) is 3.74. The van der Waals surface area contributed by atoms with Crippen LogP contribution in [-0.2, 0) is 12.8 Å². The minimum Gasteiger partial charge on any atom is -0.492 e. The summed E-state index contributed by atoms with van der Waals surface area (Å²) in [5, 5.41) is 0. The van der Waals surface area contributed by atoms with Gasteiger partial charge in [-0.2, -0.15) is 0 Å². The summed E-state index contributed by atoms with van der Waals surface area (Å²) < 4.78 is 6.82. The van der Waals surface area contributed by atoms with Gasteiger partial charge in [0.1, 0.15) is 5.75 Å². The van der Waals surface area contributed by atoms with Crippen LogP contribution in [0.2, 0.25) is 0 Å². The summed E-state index contributed by atoms with van der Waals surface area (Å²) in [6, 6.07) is 4.70. The standard InChI is InChI=1S/C13H18INO/c1-8(2)12(15)7-9-5-10-3-4-16-13(10)11(14)6-9/h5-6,8,12H,3-4,7,15H2,1-2H3. The Morgan fingerprint density at radius 3 is 2.88 bits per heavy atom. The van der Waals surface area contributed by atoms with Crippen molar-refractivity contribution in [2.45, 2.75) is 32.7 Å². The van der Waals surface area contributed by atoms with Gasteiger partial charge in [-0.15, -0.1) is 0 Å². The highest BCUT2D eigenvalue weighted by Crippen LogP contribution is 2.32. The molecule has 3 heteroatoms. The molecule has 0 fully saturated rings. The average Bonchev–Trinajstić information content (AvgIpc) is 2.65. The molecule has 2 rings (SSSR count). The Bertz CT molecular complexity index is 390. The summed E-state index contributed by atoms with van der Waals surface area (Å²) in [7, 11) is 0. The lowest BCUT2D eigenvalue weighted by molar-refractivity contribution is 0.354. The molecular weight excluding hydrogens is 313 g/mol. The number of nitrogens with two attached hydrogens (primary N) is 1. The second kappa shape index (κ2) is 4.92. The topological polar surface area (TPSA) is 35.2 Å². The molecular formula is C13H18INO. The van der Waals surface area contributed by atoms with E-state index in [1.54, 1.807) is 0 Å². The second-order valence-electron chi connectivity index (χ2n) is 4.78. The number of benzene rings is 1. The van der Waals surface area contributed by atoms with Gasteiger partial charge in [0.05, 0.1) is 10.2 Å². The first-order valence-corrected chi connectivity index (χ1v) is 6.85. The number of hydrogen-bond acceptors (Lipinski definition) is 2. The fourth-order valence-corrected chi connectivity index (χ4v) is 2.85. The van der Waals surface area contributed by atoms with Gasteiger partial charge in [-0.25, -0.2) is 0 Å². The molecule has 1 aliphatic heterocycles. The van der Waals surface area contributed by atoms with Crippen LogP contribution in [0.4, 0.5) is 0 Å². The smallest absolute Gasteiger partial charge is 0.135 e. The summed E-state index contributed by atoms with van der Waals surface area (Å²) in [4.78, 5) is 0. The molecule has 0 bridgehead atoms. The number of fused-ring (bicyclic) bond motifs is 1. The molecule has 0 spiro atoms. The summed E-state index contributed by atoms with van der Waals surface area (Å²) in [6.45, 7) is 5.17. The van der Waals surface area contributed by atoms with Crippen molar-refractivity contribution in [2.24, 2.45) is 11.7 Å². The van der Waals surface area contributed by atoms with Crippen LogP contribution >= 0.6 is 22.6 Å². The first-order valence-electron chi connectivity index (χ1n) is 5.77. The Hall–Kier alpha value is -0.290. The van der Waals surface area contributed by atoms with Crippen molar-refractivity contribution in [2.75, 3.05) is 6.61 Å². The van der Waals surface area contributed by atoms with Crippen molar-refractivity contribution in [3.63, 3.8) is 0 Å². The van der Waals surface area contributed by atoms with Gasteiger partial charge in [0, 0.05) is 12.5 Å². The van der Waals surface area contributed by atoms with Crippen molar-refractivity contribution in [1.29, 1.82) is 0 Å². The third kappa shape index (κ3) is 2.51. The summed E-state index contributed by atoms with van der Waals surface area (Å²) >= 11 is 2.35. The Morgan fingerprint density at radius 1 is 1.44 bits per heavy atom. The van der Waals surface area contributed by atoms with Gasteiger partial charge < -0.3 is 10.5 Å². The van der Waals surface area contributed by atoms with E-state index < -0.39 is 0 Å². The molecule has 1 heterocycles. The highest BCUT2D eigenvalue weighted by molar-refractivity contribution is 14.1. The molecule has 88 valence electrons. The maximum atomic E-state index is 6.11. The molecule has 2 nitrogen and oxygen atoms in total.